The normalized spacial score (nSPS) is 18.8. The van der Waals surface area contributed by atoms with Crippen molar-refractivity contribution in [2.75, 3.05) is 12.0 Å². The molecule has 1 amide bonds. The van der Waals surface area contributed by atoms with E-state index in [1.165, 1.54) is 0 Å². The molecule has 6 heteroatoms. The lowest BCUT2D eigenvalue weighted by Crippen LogP contribution is -2.41. The summed E-state index contributed by atoms with van der Waals surface area (Å²) >= 11 is 6.52. The largest absolute Gasteiger partial charge is 0.497 e. The van der Waals surface area contributed by atoms with Crippen LogP contribution in [0.15, 0.2) is 48.5 Å². The Morgan fingerprint density at radius 3 is 2.82 bits per heavy atom. The molecule has 1 aliphatic rings. The zero-order chi connectivity index (χ0) is 19.8. The molecule has 0 fully saturated rings. The van der Waals surface area contributed by atoms with Crippen molar-refractivity contribution in [2.24, 2.45) is 5.73 Å². The molecule has 0 radical (unpaired) electrons. The standard InChI is InChI=1S/C22H22ClN3O2/c1-13-9-18(22(24)27)17-5-3-4-6-20(17)26(13)12-15-10-14-7-8-16(28-2)11-19(14)25-21(15)23/h3-8,10-11,13,18H,9,12H2,1-2H3,(H2,24,27)/t13-,18-/m1/s1. The molecule has 144 valence electrons. The number of primary amides is 1. The van der Waals surface area contributed by atoms with Crippen molar-refractivity contribution < 1.29 is 9.53 Å². The number of carbonyl (C=O) groups excluding carboxylic acids is 1. The van der Waals surface area contributed by atoms with Gasteiger partial charge in [0.15, 0.2) is 0 Å². The van der Waals surface area contributed by atoms with Crippen LogP contribution in [-0.2, 0) is 11.3 Å². The Hall–Kier alpha value is -2.79. The first-order valence-corrected chi connectivity index (χ1v) is 9.63. The Morgan fingerprint density at radius 1 is 1.29 bits per heavy atom. The van der Waals surface area contributed by atoms with Gasteiger partial charge >= 0.3 is 0 Å². The highest BCUT2D eigenvalue weighted by Crippen LogP contribution is 2.39. The van der Waals surface area contributed by atoms with E-state index in [1.807, 2.05) is 42.5 Å². The molecular weight excluding hydrogens is 374 g/mol. The third-order valence-corrected chi connectivity index (χ3v) is 5.79. The molecule has 0 saturated heterocycles. The maximum Gasteiger partial charge on any atom is 0.225 e. The number of benzene rings is 2. The topological polar surface area (TPSA) is 68.5 Å². The van der Waals surface area contributed by atoms with Crippen molar-refractivity contribution in [1.29, 1.82) is 0 Å². The van der Waals surface area contributed by atoms with E-state index in [0.717, 1.165) is 33.5 Å². The van der Waals surface area contributed by atoms with E-state index in [1.54, 1.807) is 7.11 Å². The van der Waals surface area contributed by atoms with Gasteiger partial charge < -0.3 is 15.4 Å². The number of aromatic nitrogens is 1. The maximum absolute atomic E-state index is 11.9. The van der Waals surface area contributed by atoms with Crippen LogP contribution in [0.1, 0.15) is 30.4 Å². The third-order valence-electron chi connectivity index (χ3n) is 5.47. The lowest BCUT2D eigenvalue weighted by atomic mass is 9.85. The number of halogens is 1. The van der Waals surface area contributed by atoms with Gasteiger partial charge in [0.2, 0.25) is 5.91 Å². The van der Waals surface area contributed by atoms with Gasteiger partial charge in [-0.2, -0.15) is 0 Å². The highest BCUT2D eigenvalue weighted by molar-refractivity contribution is 6.30. The van der Waals surface area contributed by atoms with Crippen molar-refractivity contribution in [3.8, 4) is 5.75 Å². The van der Waals surface area contributed by atoms with Gasteiger partial charge in [-0.1, -0.05) is 29.8 Å². The molecule has 2 heterocycles. The van der Waals surface area contributed by atoms with Crippen LogP contribution in [0.3, 0.4) is 0 Å². The molecule has 2 atom stereocenters. The van der Waals surface area contributed by atoms with E-state index < -0.39 is 0 Å². The fourth-order valence-electron chi connectivity index (χ4n) is 3.98. The van der Waals surface area contributed by atoms with Gasteiger partial charge in [-0.05, 0) is 43.2 Å². The predicted molar refractivity (Wildman–Crippen MR) is 112 cm³/mol. The summed E-state index contributed by atoms with van der Waals surface area (Å²) in [6.07, 6.45) is 0.683. The number of hydrogen-bond acceptors (Lipinski definition) is 4. The van der Waals surface area contributed by atoms with E-state index in [9.17, 15) is 4.79 Å². The summed E-state index contributed by atoms with van der Waals surface area (Å²) in [5.41, 5.74) is 9.40. The van der Waals surface area contributed by atoms with Crippen molar-refractivity contribution in [1.82, 2.24) is 4.98 Å². The summed E-state index contributed by atoms with van der Waals surface area (Å²) in [7, 11) is 1.63. The number of rotatable bonds is 4. The fraction of sp³-hybridized carbons (Fsp3) is 0.273. The van der Waals surface area contributed by atoms with Gasteiger partial charge in [-0.15, -0.1) is 0 Å². The molecule has 0 unspecified atom stereocenters. The van der Waals surface area contributed by atoms with Gasteiger partial charge in [-0.25, -0.2) is 4.98 Å². The first-order valence-electron chi connectivity index (χ1n) is 9.26. The molecule has 4 rings (SSSR count). The number of nitrogens with two attached hydrogens (primary N) is 1. The molecule has 5 nitrogen and oxygen atoms in total. The van der Waals surface area contributed by atoms with Gasteiger partial charge in [0, 0.05) is 35.3 Å². The number of anilines is 1. The third kappa shape index (κ3) is 3.27. The Bertz CT molecular complexity index is 1050. The summed E-state index contributed by atoms with van der Waals surface area (Å²) < 4.78 is 5.27. The van der Waals surface area contributed by atoms with Crippen LogP contribution in [0.5, 0.6) is 5.75 Å². The van der Waals surface area contributed by atoms with Gasteiger partial charge in [-0.3, -0.25) is 4.79 Å². The number of carbonyl (C=O) groups is 1. The van der Waals surface area contributed by atoms with E-state index in [2.05, 4.69) is 22.9 Å². The van der Waals surface area contributed by atoms with Crippen LogP contribution in [0.4, 0.5) is 5.69 Å². The van der Waals surface area contributed by atoms with E-state index >= 15 is 0 Å². The van der Waals surface area contributed by atoms with Crippen molar-refractivity contribution in [3.05, 3.63) is 64.8 Å². The zero-order valence-electron chi connectivity index (χ0n) is 15.9. The van der Waals surface area contributed by atoms with Gasteiger partial charge in [0.25, 0.3) is 0 Å². The van der Waals surface area contributed by atoms with E-state index in [0.29, 0.717) is 18.1 Å². The number of pyridine rings is 1. The second-order valence-electron chi connectivity index (χ2n) is 7.22. The number of hydrogen-bond donors (Lipinski definition) is 1. The molecule has 0 saturated carbocycles. The molecule has 2 aromatic carbocycles. The molecule has 2 N–H and O–H groups in total. The number of methoxy groups -OCH3 is 1. The van der Waals surface area contributed by atoms with Crippen molar-refractivity contribution in [2.45, 2.75) is 31.8 Å². The van der Waals surface area contributed by atoms with Gasteiger partial charge in [0.05, 0.1) is 18.5 Å². The molecule has 0 spiro atoms. The maximum atomic E-state index is 11.9. The highest BCUT2D eigenvalue weighted by Gasteiger charge is 2.33. The van der Waals surface area contributed by atoms with Crippen LogP contribution < -0.4 is 15.4 Å². The van der Waals surface area contributed by atoms with Crippen molar-refractivity contribution >= 4 is 34.1 Å². The Kier molecular flexibility index (Phi) is 4.85. The Labute approximate surface area is 169 Å². The first kappa shape index (κ1) is 18.6. The summed E-state index contributed by atoms with van der Waals surface area (Å²) in [5.74, 6) is 0.207. The minimum Gasteiger partial charge on any atom is -0.497 e. The predicted octanol–water partition coefficient (Wildman–Crippen LogP) is 4.26. The number of fused-ring (bicyclic) bond motifs is 2. The molecule has 28 heavy (non-hydrogen) atoms. The molecule has 0 bridgehead atoms. The summed E-state index contributed by atoms with van der Waals surface area (Å²) in [4.78, 5) is 18.8. The number of amides is 1. The van der Waals surface area contributed by atoms with E-state index in [-0.39, 0.29) is 17.9 Å². The number of nitrogens with zero attached hydrogens (tertiary/aromatic N) is 2. The SMILES string of the molecule is COc1ccc2cc(CN3c4ccccc4[C@H](C(N)=O)C[C@H]3C)c(Cl)nc2c1. The lowest BCUT2D eigenvalue weighted by Gasteiger charge is -2.40. The minimum atomic E-state index is -0.279. The average molecular weight is 396 g/mol. The summed E-state index contributed by atoms with van der Waals surface area (Å²) in [6, 6.07) is 15.9. The second kappa shape index (κ2) is 7.32. The molecule has 1 aromatic heterocycles. The quantitative estimate of drug-likeness (QED) is 0.670. The van der Waals surface area contributed by atoms with Crippen LogP contribution >= 0.6 is 11.6 Å². The van der Waals surface area contributed by atoms with Gasteiger partial charge in [0.1, 0.15) is 10.9 Å². The van der Waals surface area contributed by atoms with Crippen LogP contribution in [-0.4, -0.2) is 24.0 Å². The monoisotopic (exact) mass is 395 g/mol. The van der Waals surface area contributed by atoms with Crippen LogP contribution in [0.2, 0.25) is 5.15 Å². The van der Waals surface area contributed by atoms with E-state index in [4.69, 9.17) is 22.1 Å². The molecule has 0 aliphatic carbocycles. The smallest absolute Gasteiger partial charge is 0.225 e. The molecule has 3 aromatic rings. The zero-order valence-corrected chi connectivity index (χ0v) is 16.6. The van der Waals surface area contributed by atoms with Crippen molar-refractivity contribution in [3.63, 3.8) is 0 Å². The van der Waals surface area contributed by atoms with Crippen LogP contribution in [0, 0.1) is 0 Å². The Balaban J connectivity index is 1.73. The fourth-order valence-corrected chi connectivity index (χ4v) is 4.18. The number of ether oxygens (including phenoxy) is 1. The van der Waals surface area contributed by atoms with Crippen LogP contribution in [0.25, 0.3) is 10.9 Å². The first-order chi connectivity index (χ1) is 13.5. The average Bonchev–Trinajstić information content (AvgIpc) is 2.69. The number of para-hydroxylation sites is 1. The minimum absolute atomic E-state index is 0.148. The molecular formula is C22H22ClN3O2. The lowest BCUT2D eigenvalue weighted by molar-refractivity contribution is -0.119. The Morgan fingerprint density at radius 2 is 2.07 bits per heavy atom. The molecule has 1 aliphatic heterocycles. The summed E-state index contributed by atoms with van der Waals surface area (Å²) in [6.45, 7) is 2.72. The summed E-state index contributed by atoms with van der Waals surface area (Å²) in [5, 5.41) is 1.48. The highest BCUT2D eigenvalue weighted by atomic mass is 35.5. The second-order valence-corrected chi connectivity index (χ2v) is 7.58.